The van der Waals surface area contributed by atoms with Crippen molar-refractivity contribution in [1.82, 2.24) is 0 Å². The van der Waals surface area contributed by atoms with Crippen molar-refractivity contribution < 1.29 is 119 Å². The number of aliphatic hydroxyl groups excluding tert-OH is 14. The molecule has 4 heterocycles. The van der Waals surface area contributed by atoms with Gasteiger partial charge in [-0.3, -0.25) is 0 Å². The Kier molecular flexibility index (Phi) is 22.2. The van der Waals surface area contributed by atoms with Crippen LogP contribution in [-0.2, 0) is 47.5 Å². The summed E-state index contributed by atoms with van der Waals surface area (Å²) in [7, 11) is 0. The summed E-state index contributed by atoms with van der Waals surface area (Å²) in [5, 5.41) is 142. The summed E-state index contributed by atoms with van der Waals surface area (Å²) in [5.41, 5.74) is 1.68. The standard InChI is InChI=1S/C44H64O24/c1-19(11-7-13-21(3)39(58)67-38-34(54)30(50)25(63-41(38)60)17-61-42-35(55)31(51)27(47)23(15-45)64-42)9-5-6-10-20(2)12-8-14-22(4)40(59)68-44-37(57)33(53)29(49)26(66-44)18-62-43-36(56)32(52)28(48)24(16-46)65-43/h5-14,23-38,41-57,60H,15-18H2,1-4H3/b6-5+,11-7+,12-8+,19-9+,20-10+,21-13+,22-14+/t23-,24-,25-,26-,27-,28-,29-,30-,31+,32+,33+,34+,35-,36-,37-,38-,41-,42-,43-,44+/m1/s1. The van der Waals surface area contributed by atoms with Crippen LogP contribution >= 0.6 is 0 Å². The van der Waals surface area contributed by atoms with Gasteiger partial charge in [0.2, 0.25) is 6.29 Å². The lowest BCUT2D eigenvalue weighted by atomic mass is 9.98. The Morgan fingerprint density at radius 3 is 1.24 bits per heavy atom. The molecular weight excluding hydrogens is 912 g/mol. The highest BCUT2D eigenvalue weighted by atomic mass is 16.7. The molecule has 4 aliphatic rings. The number of allylic oxidation sites excluding steroid dienone is 12. The van der Waals surface area contributed by atoms with E-state index in [1.165, 1.54) is 26.0 Å². The molecule has 68 heavy (non-hydrogen) atoms. The highest BCUT2D eigenvalue weighted by Crippen LogP contribution is 2.28. The minimum atomic E-state index is -1.91. The quantitative estimate of drug-likeness (QED) is 0.0347. The summed E-state index contributed by atoms with van der Waals surface area (Å²) >= 11 is 0. The molecule has 20 atom stereocenters. The van der Waals surface area contributed by atoms with Crippen LogP contribution in [0.2, 0.25) is 0 Å². The van der Waals surface area contributed by atoms with E-state index in [0.717, 1.165) is 11.1 Å². The minimum Gasteiger partial charge on any atom is -0.451 e. The van der Waals surface area contributed by atoms with Crippen LogP contribution in [0.4, 0.5) is 0 Å². The maximum atomic E-state index is 12.8. The van der Waals surface area contributed by atoms with E-state index < -0.39 is 161 Å². The van der Waals surface area contributed by atoms with Gasteiger partial charge >= 0.3 is 11.9 Å². The van der Waals surface area contributed by atoms with E-state index in [4.69, 9.17) is 37.9 Å². The van der Waals surface area contributed by atoms with Gasteiger partial charge < -0.3 is 109 Å². The Labute approximate surface area is 390 Å². The number of carbonyl (C=O) groups is 2. The Morgan fingerprint density at radius 2 is 0.794 bits per heavy atom. The van der Waals surface area contributed by atoms with Crippen molar-refractivity contribution in [2.24, 2.45) is 0 Å². The molecule has 0 unspecified atom stereocenters. The van der Waals surface area contributed by atoms with E-state index in [1.807, 2.05) is 0 Å². The maximum absolute atomic E-state index is 12.8. The predicted octanol–water partition coefficient (Wildman–Crippen LogP) is -5.23. The van der Waals surface area contributed by atoms with Crippen molar-refractivity contribution in [1.29, 1.82) is 0 Å². The Bertz CT molecular complexity index is 1860. The molecule has 0 radical (unpaired) electrons. The molecule has 4 aliphatic heterocycles. The van der Waals surface area contributed by atoms with Gasteiger partial charge in [-0.25, -0.2) is 9.59 Å². The van der Waals surface area contributed by atoms with Gasteiger partial charge in [-0.2, -0.15) is 0 Å². The monoisotopic (exact) mass is 976 g/mol. The third-order valence-electron chi connectivity index (χ3n) is 11.2. The fourth-order valence-electron chi connectivity index (χ4n) is 6.89. The van der Waals surface area contributed by atoms with E-state index in [-0.39, 0.29) is 11.1 Å². The summed E-state index contributed by atoms with van der Waals surface area (Å²) in [6, 6.07) is 0. The highest BCUT2D eigenvalue weighted by molar-refractivity contribution is 5.88. The topological polar surface area (TPSA) is 391 Å². The molecule has 0 aliphatic carbocycles. The number of ether oxygens (including phenoxy) is 8. The number of rotatable bonds is 18. The number of carbonyl (C=O) groups excluding carboxylic acids is 2. The molecule has 0 amide bonds. The Morgan fingerprint density at radius 1 is 0.426 bits per heavy atom. The number of hydrogen-bond acceptors (Lipinski definition) is 24. The number of esters is 2. The third-order valence-corrected chi connectivity index (χ3v) is 11.2. The third kappa shape index (κ3) is 14.9. The lowest BCUT2D eigenvalue weighted by Gasteiger charge is -2.42. The van der Waals surface area contributed by atoms with Crippen molar-refractivity contribution in [2.75, 3.05) is 26.4 Å². The summed E-state index contributed by atoms with van der Waals surface area (Å²) in [6.07, 6.45) is -16.8. The fraction of sp³-hybridized carbons (Fsp3) is 0.636. The van der Waals surface area contributed by atoms with Crippen molar-refractivity contribution >= 4 is 11.9 Å². The molecule has 0 aromatic rings. The number of aliphatic hydroxyl groups is 14. The van der Waals surface area contributed by atoms with E-state index in [9.17, 15) is 81.1 Å². The zero-order valence-electron chi connectivity index (χ0n) is 37.5. The van der Waals surface area contributed by atoms with Crippen molar-refractivity contribution in [3.63, 3.8) is 0 Å². The van der Waals surface area contributed by atoms with Crippen LogP contribution in [0.5, 0.6) is 0 Å². The second-order valence-corrected chi connectivity index (χ2v) is 16.5. The van der Waals surface area contributed by atoms with Gasteiger partial charge in [-0.05, 0) is 27.7 Å². The van der Waals surface area contributed by atoms with Crippen LogP contribution in [0.25, 0.3) is 0 Å². The second kappa shape index (κ2) is 26.5. The molecule has 0 bridgehead atoms. The van der Waals surface area contributed by atoms with Crippen LogP contribution in [0, 0.1) is 0 Å². The normalized spacial score (nSPS) is 40.3. The minimum absolute atomic E-state index is 0.0693. The van der Waals surface area contributed by atoms with E-state index >= 15 is 0 Å². The Hall–Kier alpha value is -3.68. The molecule has 24 heteroatoms. The van der Waals surface area contributed by atoms with E-state index in [1.54, 1.807) is 62.5 Å². The van der Waals surface area contributed by atoms with Crippen molar-refractivity contribution in [2.45, 2.75) is 151 Å². The second-order valence-electron chi connectivity index (χ2n) is 16.5. The van der Waals surface area contributed by atoms with Gasteiger partial charge in [0, 0.05) is 11.1 Å². The van der Waals surface area contributed by atoms with Crippen LogP contribution < -0.4 is 0 Å². The first-order valence-corrected chi connectivity index (χ1v) is 21.5. The number of hydrogen-bond donors (Lipinski definition) is 14. The van der Waals surface area contributed by atoms with Crippen LogP contribution in [0.1, 0.15) is 27.7 Å². The van der Waals surface area contributed by atoms with Crippen LogP contribution in [-0.4, -0.2) is 233 Å². The molecule has 384 valence electrons. The lowest BCUT2D eigenvalue weighted by Crippen LogP contribution is -2.62. The van der Waals surface area contributed by atoms with E-state index in [0.29, 0.717) is 0 Å². The van der Waals surface area contributed by atoms with Crippen molar-refractivity contribution in [3.8, 4) is 0 Å². The van der Waals surface area contributed by atoms with Gasteiger partial charge in [0.25, 0.3) is 0 Å². The zero-order valence-corrected chi connectivity index (χ0v) is 37.5. The average molecular weight is 977 g/mol. The van der Waals surface area contributed by atoms with Gasteiger partial charge in [0.05, 0.1) is 26.4 Å². The predicted molar refractivity (Wildman–Crippen MR) is 227 cm³/mol. The molecule has 24 nitrogen and oxygen atoms in total. The zero-order chi connectivity index (χ0) is 50.6. The summed E-state index contributed by atoms with van der Waals surface area (Å²) in [4.78, 5) is 25.6. The van der Waals surface area contributed by atoms with Gasteiger partial charge in [-0.1, -0.05) is 71.9 Å². The molecule has 0 spiro atoms. The molecule has 0 saturated carbocycles. The molecule has 14 N–H and O–H groups in total. The SMILES string of the molecule is CC(/C=C/C=C(\C)C(=O)O[C@@H]1O[C@H](CO[C@@H]2O[C@H](CO)[C@@H](O)[C@H](O)[C@H]2O)[C@@H](O)[C@H](O)[C@H]1O)=C\C=C\C=C(C)\C=C\C=C(/C)C(=O)O[C@@H]1[C@@H](O)[C@H](O)[C@@H](CO[C@@H]2O[C@H](CO)[C@@H](O)[C@H](O)[C@H]2O)O[C@H]1O. The smallest absolute Gasteiger partial charge is 0.336 e. The van der Waals surface area contributed by atoms with Crippen LogP contribution in [0.3, 0.4) is 0 Å². The van der Waals surface area contributed by atoms with Gasteiger partial charge in [0.15, 0.2) is 25.0 Å². The van der Waals surface area contributed by atoms with Crippen LogP contribution in [0.15, 0.2) is 83.1 Å². The lowest BCUT2D eigenvalue weighted by molar-refractivity contribution is -0.326. The molecule has 4 rings (SSSR count). The van der Waals surface area contributed by atoms with E-state index in [2.05, 4.69) is 0 Å². The average Bonchev–Trinajstić information content (AvgIpc) is 3.31. The van der Waals surface area contributed by atoms with Crippen molar-refractivity contribution in [3.05, 3.63) is 83.1 Å². The maximum Gasteiger partial charge on any atom is 0.336 e. The molecular formula is C44H64O24. The largest absolute Gasteiger partial charge is 0.451 e. The Balaban J connectivity index is 1.21. The summed E-state index contributed by atoms with van der Waals surface area (Å²) in [6.45, 7) is 3.81. The first-order chi connectivity index (χ1) is 32.1. The molecule has 4 saturated heterocycles. The van der Waals surface area contributed by atoms with Gasteiger partial charge in [0.1, 0.15) is 91.6 Å². The molecule has 0 aromatic carbocycles. The first-order valence-electron chi connectivity index (χ1n) is 21.5. The summed E-state index contributed by atoms with van der Waals surface area (Å²) in [5.74, 6) is -1.87. The summed E-state index contributed by atoms with van der Waals surface area (Å²) < 4.78 is 42.4. The highest BCUT2D eigenvalue weighted by Gasteiger charge is 2.50. The first kappa shape index (κ1) is 56.9. The molecule has 0 aromatic heterocycles. The molecule has 4 fully saturated rings. The van der Waals surface area contributed by atoms with Gasteiger partial charge in [-0.15, -0.1) is 0 Å². The fourth-order valence-corrected chi connectivity index (χ4v) is 6.89.